The first-order chi connectivity index (χ1) is 6.40. The van der Waals surface area contributed by atoms with Gasteiger partial charge in [0.15, 0.2) is 0 Å². The van der Waals surface area contributed by atoms with Gasteiger partial charge in [-0.25, -0.2) is 18.4 Å². The average Bonchev–Trinajstić information content (AvgIpc) is 2.33. The van der Waals surface area contributed by atoms with Gasteiger partial charge in [0.05, 0.1) is 5.75 Å². The number of nitrogens with two attached hydrogens (primary N) is 1. The quantitative estimate of drug-likeness (QED) is 0.663. The third kappa shape index (κ3) is 3.15. The number of rotatable bonds is 4. The van der Waals surface area contributed by atoms with E-state index in [-0.39, 0.29) is 11.8 Å². The SMILES string of the molecule is CN1CCN(CCCS(N)(=O)=O)C1=O. The largest absolute Gasteiger partial charge is 0.326 e. The molecule has 0 saturated carbocycles. The van der Waals surface area contributed by atoms with Gasteiger partial charge in [-0.15, -0.1) is 0 Å². The Morgan fingerprint density at radius 2 is 2.07 bits per heavy atom. The summed E-state index contributed by atoms with van der Waals surface area (Å²) in [6.45, 7) is 1.83. The smallest absolute Gasteiger partial charge is 0.319 e. The van der Waals surface area contributed by atoms with Gasteiger partial charge in [-0.2, -0.15) is 0 Å². The second kappa shape index (κ2) is 4.14. The summed E-state index contributed by atoms with van der Waals surface area (Å²) in [5.41, 5.74) is 0. The number of carbonyl (C=O) groups excluding carboxylic acids is 1. The first-order valence-electron chi connectivity index (χ1n) is 4.40. The molecule has 1 aliphatic rings. The highest BCUT2D eigenvalue weighted by Crippen LogP contribution is 2.06. The molecule has 1 heterocycles. The Bertz CT molecular complexity index is 314. The summed E-state index contributed by atoms with van der Waals surface area (Å²) in [6.07, 6.45) is 0.401. The zero-order valence-electron chi connectivity index (χ0n) is 8.14. The van der Waals surface area contributed by atoms with E-state index < -0.39 is 10.0 Å². The molecular formula is C7H15N3O3S. The van der Waals surface area contributed by atoms with E-state index >= 15 is 0 Å². The van der Waals surface area contributed by atoms with Crippen molar-refractivity contribution in [1.82, 2.24) is 9.80 Å². The van der Waals surface area contributed by atoms with Crippen molar-refractivity contribution in [3.05, 3.63) is 0 Å². The lowest BCUT2D eigenvalue weighted by Crippen LogP contribution is -2.31. The first kappa shape index (κ1) is 11.3. The summed E-state index contributed by atoms with van der Waals surface area (Å²) in [7, 11) is -1.67. The summed E-state index contributed by atoms with van der Waals surface area (Å²) in [4.78, 5) is 14.6. The molecule has 0 spiro atoms. The van der Waals surface area contributed by atoms with Crippen LogP contribution in [0.2, 0.25) is 0 Å². The Hall–Kier alpha value is -0.820. The van der Waals surface area contributed by atoms with Crippen molar-refractivity contribution in [1.29, 1.82) is 0 Å². The van der Waals surface area contributed by atoms with Crippen molar-refractivity contribution < 1.29 is 13.2 Å². The van der Waals surface area contributed by atoms with Crippen molar-refractivity contribution in [3.8, 4) is 0 Å². The summed E-state index contributed by atoms with van der Waals surface area (Å²) in [5, 5.41) is 4.84. The Kier molecular flexibility index (Phi) is 3.33. The second-order valence-electron chi connectivity index (χ2n) is 3.41. The zero-order chi connectivity index (χ0) is 10.8. The van der Waals surface area contributed by atoms with Gasteiger partial charge in [0.1, 0.15) is 0 Å². The Morgan fingerprint density at radius 3 is 2.50 bits per heavy atom. The molecule has 7 heteroatoms. The van der Waals surface area contributed by atoms with Crippen LogP contribution in [-0.2, 0) is 10.0 Å². The number of hydrogen-bond donors (Lipinski definition) is 1. The van der Waals surface area contributed by atoms with E-state index in [0.717, 1.165) is 0 Å². The number of hydrogen-bond acceptors (Lipinski definition) is 3. The standard InChI is InChI=1S/C7H15N3O3S/c1-9-4-5-10(7(9)11)3-2-6-14(8,12)13/h2-6H2,1H3,(H2,8,12,13). The van der Waals surface area contributed by atoms with Gasteiger partial charge >= 0.3 is 6.03 Å². The Labute approximate surface area is 83.7 Å². The molecule has 2 amide bonds. The molecule has 0 aromatic rings. The molecule has 6 nitrogen and oxygen atoms in total. The van der Waals surface area contributed by atoms with E-state index in [1.807, 2.05) is 0 Å². The molecule has 1 aliphatic heterocycles. The molecule has 0 unspecified atom stereocenters. The number of urea groups is 1. The lowest BCUT2D eigenvalue weighted by molar-refractivity contribution is 0.198. The van der Waals surface area contributed by atoms with E-state index in [9.17, 15) is 13.2 Å². The maximum atomic E-state index is 11.3. The highest BCUT2D eigenvalue weighted by atomic mass is 32.2. The van der Waals surface area contributed by atoms with E-state index in [1.165, 1.54) is 0 Å². The van der Waals surface area contributed by atoms with Crippen LogP contribution in [0.4, 0.5) is 4.79 Å². The Morgan fingerprint density at radius 1 is 1.43 bits per heavy atom. The molecule has 0 atom stereocenters. The fourth-order valence-electron chi connectivity index (χ4n) is 1.37. The van der Waals surface area contributed by atoms with Crippen LogP contribution < -0.4 is 5.14 Å². The van der Waals surface area contributed by atoms with Crippen LogP contribution in [0, 0.1) is 0 Å². The highest BCUT2D eigenvalue weighted by molar-refractivity contribution is 7.89. The molecule has 0 bridgehead atoms. The molecule has 1 rings (SSSR count). The average molecular weight is 221 g/mol. The number of likely N-dealkylation sites (N-methyl/N-ethyl adjacent to an activating group) is 1. The predicted molar refractivity (Wildman–Crippen MR) is 52.2 cm³/mol. The molecule has 0 aromatic heterocycles. The minimum absolute atomic E-state index is 0.0422. The molecule has 1 fully saturated rings. The fourth-order valence-corrected chi connectivity index (χ4v) is 1.90. The van der Waals surface area contributed by atoms with Crippen LogP contribution in [0.3, 0.4) is 0 Å². The molecule has 14 heavy (non-hydrogen) atoms. The van der Waals surface area contributed by atoms with E-state index in [1.54, 1.807) is 16.8 Å². The zero-order valence-corrected chi connectivity index (χ0v) is 8.96. The summed E-state index contributed by atoms with van der Waals surface area (Å²) in [6, 6.07) is -0.0422. The van der Waals surface area contributed by atoms with Crippen LogP contribution in [0.25, 0.3) is 0 Å². The van der Waals surface area contributed by atoms with Crippen molar-refractivity contribution in [3.63, 3.8) is 0 Å². The van der Waals surface area contributed by atoms with E-state index in [0.29, 0.717) is 26.1 Å². The number of nitrogens with zero attached hydrogens (tertiary/aromatic N) is 2. The van der Waals surface area contributed by atoms with Crippen molar-refractivity contribution >= 4 is 16.1 Å². The summed E-state index contributed by atoms with van der Waals surface area (Å²) >= 11 is 0. The van der Waals surface area contributed by atoms with Gasteiger partial charge in [0, 0.05) is 26.7 Å². The highest BCUT2D eigenvalue weighted by Gasteiger charge is 2.24. The topological polar surface area (TPSA) is 83.7 Å². The maximum absolute atomic E-state index is 11.3. The lowest BCUT2D eigenvalue weighted by atomic mass is 10.4. The lowest BCUT2D eigenvalue weighted by Gasteiger charge is -2.14. The van der Waals surface area contributed by atoms with Crippen LogP contribution in [0.5, 0.6) is 0 Å². The second-order valence-corrected chi connectivity index (χ2v) is 5.15. The number of carbonyl (C=O) groups is 1. The number of primary sulfonamides is 1. The van der Waals surface area contributed by atoms with Gasteiger partial charge in [-0.05, 0) is 6.42 Å². The molecule has 0 aromatic carbocycles. The van der Waals surface area contributed by atoms with Gasteiger partial charge < -0.3 is 9.80 Å². The minimum Gasteiger partial charge on any atom is -0.326 e. The van der Waals surface area contributed by atoms with Crippen molar-refractivity contribution in [2.75, 3.05) is 32.4 Å². The van der Waals surface area contributed by atoms with Crippen LogP contribution in [0.15, 0.2) is 0 Å². The van der Waals surface area contributed by atoms with Crippen LogP contribution in [-0.4, -0.2) is 56.7 Å². The molecule has 0 aliphatic carbocycles. The van der Waals surface area contributed by atoms with E-state index in [4.69, 9.17) is 5.14 Å². The number of amides is 2. The van der Waals surface area contributed by atoms with Gasteiger partial charge in [0.2, 0.25) is 10.0 Å². The van der Waals surface area contributed by atoms with Gasteiger partial charge in [-0.3, -0.25) is 0 Å². The predicted octanol–water partition coefficient (Wildman–Crippen LogP) is -0.968. The summed E-state index contributed by atoms with van der Waals surface area (Å²) < 4.78 is 21.2. The monoisotopic (exact) mass is 221 g/mol. The third-order valence-corrected chi connectivity index (χ3v) is 3.02. The van der Waals surface area contributed by atoms with Crippen molar-refractivity contribution in [2.24, 2.45) is 5.14 Å². The molecule has 2 N–H and O–H groups in total. The fraction of sp³-hybridized carbons (Fsp3) is 0.857. The third-order valence-electron chi connectivity index (χ3n) is 2.16. The molecular weight excluding hydrogens is 206 g/mol. The van der Waals surface area contributed by atoms with E-state index in [2.05, 4.69) is 0 Å². The maximum Gasteiger partial charge on any atom is 0.319 e. The first-order valence-corrected chi connectivity index (χ1v) is 6.12. The summed E-state index contributed by atoms with van der Waals surface area (Å²) in [5.74, 6) is -0.0690. The van der Waals surface area contributed by atoms with Crippen molar-refractivity contribution in [2.45, 2.75) is 6.42 Å². The van der Waals surface area contributed by atoms with Crippen LogP contribution in [0.1, 0.15) is 6.42 Å². The van der Waals surface area contributed by atoms with Gasteiger partial charge in [-0.1, -0.05) is 0 Å². The number of sulfonamides is 1. The van der Waals surface area contributed by atoms with Crippen LogP contribution >= 0.6 is 0 Å². The Balaban J connectivity index is 2.30. The molecule has 1 saturated heterocycles. The van der Waals surface area contributed by atoms with Gasteiger partial charge in [0.25, 0.3) is 0 Å². The molecule has 82 valence electrons. The minimum atomic E-state index is -3.40. The molecule has 0 radical (unpaired) electrons. The normalized spacial score (nSPS) is 18.0.